The third-order valence-corrected chi connectivity index (χ3v) is 3.28. The predicted octanol–water partition coefficient (Wildman–Crippen LogP) is 1.44. The van der Waals surface area contributed by atoms with Crippen LogP contribution in [0.1, 0.15) is 25.5 Å². The normalized spacial score (nSPS) is 18.9. The van der Waals surface area contributed by atoms with Gasteiger partial charge >= 0.3 is 0 Å². The topological polar surface area (TPSA) is 28.2 Å². The Kier molecular flexibility index (Phi) is 3.34. The lowest BCUT2D eigenvalue weighted by Crippen LogP contribution is -2.57. The van der Waals surface area contributed by atoms with E-state index in [2.05, 4.69) is 41.2 Å². The van der Waals surface area contributed by atoms with Crippen LogP contribution in [0.3, 0.4) is 0 Å². The molecule has 2 rings (SSSR count). The van der Waals surface area contributed by atoms with Crippen LogP contribution < -0.4 is 5.32 Å². The molecule has 1 aliphatic heterocycles. The van der Waals surface area contributed by atoms with Gasteiger partial charge in [0.05, 0.1) is 0 Å². The molecule has 0 radical (unpaired) electrons. The Morgan fingerprint density at radius 2 is 2.13 bits per heavy atom. The molecule has 1 N–H and O–H groups in total. The zero-order valence-corrected chi connectivity index (χ0v) is 9.48. The third-order valence-electron chi connectivity index (χ3n) is 3.28. The fraction of sp³-hybridized carbons (Fsp3) is 0.583. The van der Waals surface area contributed by atoms with Crippen molar-refractivity contribution < 1.29 is 0 Å². The number of aromatic nitrogens is 1. The van der Waals surface area contributed by atoms with Crippen molar-refractivity contribution >= 4 is 0 Å². The molecule has 0 amide bonds. The average molecular weight is 205 g/mol. The van der Waals surface area contributed by atoms with E-state index in [1.165, 1.54) is 5.56 Å². The molecular formula is C12H19N3. The summed E-state index contributed by atoms with van der Waals surface area (Å²) in [4.78, 5) is 6.61. The molecule has 1 atom stereocenters. The standard InChI is InChI=1S/C12H19N3/c1-3-15(12-8-14-9-12)10(2)11-4-6-13-7-5-11/h4-7,10,12,14H,3,8-9H2,1-2H3. The van der Waals surface area contributed by atoms with Crippen molar-refractivity contribution in [3.05, 3.63) is 30.1 Å². The maximum Gasteiger partial charge on any atom is 0.0351 e. The highest BCUT2D eigenvalue weighted by Crippen LogP contribution is 2.22. The first-order valence-electron chi connectivity index (χ1n) is 5.69. The van der Waals surface area contributed by atoms with Crippen molar-refractivity contribution in [2.75, 3.05) is 19.6 Å². The van der Waals surface area contributed by atoms with E-state index in [0.29, 0.717) is 12.1 Å². The first-order chi connectivity index (χ1) is 7.33. The molecule has 3 nitrogen and oxygen atoms in total. The van der Waals surface area contributed by atoms with Crippen LogP contribution in [0, 0.1) is 0 Å². The third kappa shape index (κ3) is 2.19. The van der Waals surface area contributed by atoms with Crippen molar-refractivity contribution in [1.82, 2.24) is 15.2 Å². The number of rotatable bonds is 4. The molecule has 0 aliphatic carbocycles. The molecule has 0 aromatic carbocycles. The number of likely N-dealkylation sites (N-methyl/N-ethyl adjacent to an activating group) is 1. The first kappa shape index (κ1) is 10.6. The summed E-state index contributed by atoms with van der Waals surface area (Å²) in [6, 6.07) is 5.42. The number of hydrogen-bond donors (Lipinski definition) is 1. The lowest BCUT2D eigenvalue weighted by Gasteiger charge is -2.41. The highest BCUT2D eigenvalue weighted by Gasteiger charge is 2.27. The molecule has 82 valence electrons. The summed E-state index contributed by atoms with van der Waals surface area (Å²) >= 11 is 0. The molecule has 1 saturated heterocycles. The van der Waals surface area contributed by atoms with Crippen molar-refractivity contribution in [1.29, 1.82) is 0 Å². The molecule has 1 aliphatic rings. The zero-order chi connectivity index (χ0) is 10.7. The SMILES string of the molecule is CCN(C1CNC1)C(C)c1ccncc1. The van der Waals surface area contributed by atoms with E-state index in [1.54, 1.807) is 0 Å². The number of nitrogens with zero attached hydrogens (tertiary/aromatic N) is 2. The van der Waals surface area contributed by atoms with Gasteiger partial charge in [0.25, 0.3) is 0 Å². The second kappa shape index (κ2) is 4.73. The monoisotopic (exact) mass is 205 g/mol. The Morgan fingerprint density at radius 1 is 1.47 bits per heavy atom. The Bertz CT molecular complexity index is 295. The lowest BCUT2D eigenvalue weighted by molar-refractivity contribution is 0.110. The molecule has 1 unspecified atom stereocenters. The van der Waals surface area contributed by atoms with Gasteiger partial charge in [-0.25, -0.2) is 0 Å². The minimum Gasteiger partial charge on any atom is -0.314 e. The highest BCUT2D eigenvalue weighted by atomic mass is 15.2. The molecule has 1 fully saturated rings. The number of hydrogen-bond acceptors (Lipinski definition) is 3. The summed E-state index contributed by atoms with van der Waals surface area (Å²) in [7, 11) is 0. The summed E-state index contributed by atoms with van der Waals surface area (Å²) in [5.74, 6) is 0. The lowest BCUT2D eigenvalue weighted by atomic mass is 10.0. The fourth-order valence-electron chi connectivity index (χ4n) is 2.19. The van der Waals surface area contributed by atoms with Crippen LogP contribution in [0.4, 0.5) is 0 Å². The fourth-order valence-corrected chi connectivity index (χ4v) is 2.19. The summed E-state index contributed by atoms with van der Waals surface area (Å²) in [6.45, 7) is 7.87. The van der Waals surface area contributed by atoms with E-state index in [4.69, 9.17) is 0 Å². The van der Waals surface area contributed by atoms with Crippen LogP contribution in [0.25, 0.3) is 0 Å². The predicted molar refractivity (Wildman–Crippen MR) is 61.7 cm³/mol. The Balaban J connectivity index is 2.07. The minimum atomic E-state index is 0.491. The maximum absolute atomic E-state index is 4.06. The van der Waals surface area contributed by atoms with Gasteiger partial charge in [-0.1, -0.05) is 6.92 Å². The molecule has 3 heteroatoms. The first-order valence-corrected chi connectivity index (χ1v) is 5.69. The average Bonchev–Trinajstić information content (AvgIpc) is 2.23. The molecule has 0 bridgehead atoms. The van der Waals surface area contributed by atoms with Gasteiger partial charge in [0.2, 0.25) is 0 Å². The van der Waals surface area contributed by atoms with Crippen molar-refractivity contribution in [2.24, 2.45) is 0 Å². The van der Waals surface area contributed by atoms with Crippen LogP contribution in [-0.4, -0.2) is 35.6 Å². The van der Waals surface area contributed by atoms with Crippen molar-refractivity contribution in [2.45, 2.75) is 25.9 Å². The van der Waals surface area contributed by atoms with E-state index in [9.17, 15) is 0 Å². The quantitative estimate of drug-likeness (QED) is 0.806. The second-order valence-electron chi connectivity index (χ2n) is 4.10. The molecule has 1 aromatic heterocycles. The van der Waals surface area contributed by atoms with Crippen molar-refractivity contribution in [3.63, 3.8) is 0 Å². The van der Waals surface area contributed by atoms with E-state index < -0.39 is 0 Å². The van der Waals surface area contributed by atoms with Gasteiger partial charge in [0.1, 0.15) is 0 Å². The molecular weight excluding hydrogens is 186 g/mol. The number of pyridine rings is 1. The molecule has 0 spiro atoms. The van der Waals surface area contributed by atoms with Crippen LogP contribution in [0.5, 0.6) is 0 Å². The van der Waals surface area contributed by atoms with Gasteiger partial charge in [-0.2, -0.15) is 0 Å². The second-order valence-corrected chi connectivity index (χ2v) is 4.10. The largest absolute Gasteiger partial charge is 0.314 e. The Labute approximate surface area is 91.5 Å². The van der Waals surface area contributed by atoms with E-state index in [1.807, 2.05) is 12.4 Å². The van der Waals surface area contributed by atoms with Crippen LogP contribution in [0.15, 0.2) is 24.5 Å². The molecule has 1 aromatic rings. The van der Waals surface area contributed by atoms with Gasteiger partial charge in [-0.3, -0.25) is 9.88 Å². The van der Waals surface area contributed by atoms with Crippen LogP contribution in [-0.2, 0) is 0 Å². The van der Waals surface area contributed by atoms with Gasteiger partial charge < -0.3 is 5.32 Å². The summed E-state index contributed by atoms with van der Waals surface area (Å²) in [6.07, 6.45) is 3.75. The van der Waals surface area contributed by atoms with Gasteiger partial charge in [-0.15, -0.1) is 0 Å². The minimum absolute atomic E-state index is 0.491. The van der Waals surface area contributed by atoms with Crippen molar-refractivity contribution in [3.8, 4) is 0 Å². The smallest absolute Gasteiger partial charge is 0.0351 e. The summed E-state index contributed by atoms with van der Waals surface area (Å²) < 4.78 is 0. The van der Waals surface area contributed by atoms with Gasteiger partial charge in [0, 0.05) is 37.6 Å². The zero-order valence-electron chi connectivity index (χ0n) is 9.48. The van der Waals surface area contributed by atoms with E-state index >= 15 is 0 Å². The molecule has 0 saturated carbocycles. The molecule has 15 heavy (non-hydrogen) atoms. The Morgan fingerprint density at radius 3 is 2.60 bits per heavy atom. The Hall–Kier alpha value is -0.930. The molecule has 2 heterocycles. The highest BCUT2D eigenvalue weighted by molar-refractivity contribution is 5.15. The maximum atomic E-state index is 4.06. The van der Waals surface area contributed by atoms with Gasteiger partial charge in [-0.05, 0) is 31.2 Å². The van der Waals surface area contributed by atoms with Crippen LogP contribution in [0.2, 0.25) is 0 Å². The van der Waals surface area contributed by atoms with Crippen LogP contribution >= 0.6 is 0 Å². The summed E-state index contributed by atoms with van der Waals surface area (Å²) in [5.41, 5.74) is 1.36. The van der Waals surface area contributed by atoms with E-state index in [0.717, 1.165) is 19.6 Å². The van der Waals surface area contributed by atoms with E-state index in [-0.39, 0.29) is 0 Å². The number of nitrogens with one attached hydrogen (secondary N) is 1. The van der Waals surface area contributed by atoms with Gasteiger partial charge in [0.15, 0.2) is 0 Å². The summed E-state index contributed by atoms with van der Waals surface area (Å²) in [5, 5.41) is 3.33.